The van der Waals surface area contributed by atoms with Crippen LogP contribution < -0.4 is 20.7 Å². The smallest absolute Gasteiger partial charge is 0.0732 e. The van der Waals surface area contributed by atoms with Gasteiger partial charge in [-0.05, 0) is 54.1 Å². The van der Waals surface area contributed by atoms with E-state index >= 15 is 0 Å². The van der Waals surface area contributed by atoms with Crippen LogP contribution in [0.1, 0.15) is 23.0 Å². The van der Waals surface area contributed by atoms with E-state index < -0.39 is 8.07 Å². The van der Waals surface area contributed by atoms with E-state index in [0.29, 0.717) is 11.8 Å². The van der Waals surface area contributed by atoms with Crippen LogP contribution in [0.2, 0.25) is 0 Å². The van der Waals surface area contributed by atoms with Crippen molar-refractivity contribution in [3.8, 4) is 22.3 Å². The molecule has 2 aliphatic carbocycles. The molecular weight excluding hydrogens is 436 g/mol. The van der Waals surface area contributed by atoms with Gasteiger partial charge in [0.05, 0.1) is 0 Å². The Kier molecular flexibility index (Phi) is 3.89. The molecular formula is C34H24Si. The maximum atomic E-state index is 2.48. The highest BCUT2D eigenvalue weighted by Crippen LogP contribution is 2.38. The van der Waals surface area contributed by atoms with E-state index in [9.17, 15) is 0 Å². The van der Waals surface area contributed by atoms with Crippen molar-refractivity contribution in [3.05, 3.63) is 145 Å². The van der Waals surface area contributed by atoms with Crippen LogP contribution in [0, 0.1) is 0 Å². The van der Waals surface area contributed by atoms with E-state index in [1.807, 2.05) is 0 Å². The van der Waals surface area contributed by atoms with Gasteiger partial charge in [-0.15, -0.1) is 0 Å². The number of allylic oxidation sites excluding steroid dienone is 8. The highest BCUT2D eigenvalue weighted by Gasteiger charge is 2.53. The SMILES string of the molecule is C1=CC(c2ccc3c(c2)-c2ccccc2[Si]32c3ccccc3-c3cc(C4C=CC=C4)ccc32)C=C1. The van der Waals surface area contributed by atoms with Gasteiger partial charge in [-0.2, -0.15) is 0 Å². The summed E-state index contributed by atoms with van der Waals surface area (Å²) in [5.41, 5.74) is 8.50. The maximum Gasteiger partial charge on any atom is 0.182 e. The monoisotopic (exact) mass is 460 g/mol. The molecule has 8 rings (SSSR count). The second kappa shape index (κ2) is 7.04. The molecule has 0 atom stereocenters. The van der Waals surface area contributed by atoms with Crippen molar-refractivity contribution in [3.63, 3.8) is 0 Å². The minimum Gasteiger partial charge on any atom is -0.0732 e. The maximum absolute atomic E-state index is 2.48. The first kappa shape index (κ1) is 19.4. The number of fused-ring (bicyclic) bond motifs is 10. The molecule has 0 N–H and O–H groups in total. The zero-order chi connectivity index (χ0) is 23.0. The number of hydrogen-bond donors (Lipinski definition) is 0. The Morgan fingerprint density at radius 3 is 1.26 bits per heavy atom. The number of rotatable bonds is 2. The largest absolute Gasteiger partial charge is 0.182 e. The lowest BCUT2D eigenvalue weighted by molar-refractivity contribution is 1.11. The first-order chi connectivity index (χ1) is 17.4. The summed E-state index contributed by atoms with van der Waals surface area (Å²) in [6.07, 6.45) is 17.8. The van der Waals surface area contributed by atoms with Gasteiger partial charge in [0.1, 0.15) is 0 Å². The van der Waals surface area contributed by atoms with Crippen LogP contribution in [0.25, 0.3) is 22.3 Å². The molecule has 35 heavy (non-hydrogen) atoms. The third kappa shape index (κ3) is 2.46. The summed E-state index contributed by atoms with van der Waals surface area (Å²) in [4.78, 5) is 0. The van der Waals surface area contributed by atoms with E-state index in [0.717, 1.165) is 0 Å². The predicted molar refractivity (Wildman–Crippen MR) is 150 cm³/mol. The second-order valence-electron chi connectivity index (χ2n) is 10.0. The third-order valence-electron chi connectivity index (χ3n) is 8.40. The molecule has 164 valence electrons. The fourth-order valence-corrected chi connectivity index (χ4v) is 12.5. The summed E-state index contributed by atoms with van der Waals surface area (Å²) in [7, 11) is -2.35. The molecule has 0 radical (unpaired) electrons. The summed E-state index contributed by atoms with van der Waals surface area (Å²) in [5.74, 6) is 0.757. The summed E-state index contributed by atoms with van der Waals surface area (Å²) < 4.78 is 0. The lowest BCUT2D eigenvalue weighted by atomic mass is 9.96. The Bertz CT molecular complexity index is 1510. The Hall–Kier alpha value is -3.94. The molecule has 0 fully saturated rings. The van der Waals surface area contributed by atoms with E-state index in [1.54, 1.807) is 20.7 Å². The van der Waals surface area contributed by atoms with Gasteiger partial charge in [0.2, 0.25) is 0 Å². The molecule has 1 spiro atoms. The van der Waals surface area contributed by atoms with Gasteiger partial charge in [-0.3, -0.25) is 0 Å². The van der Waals surface area contributed by atoms with E-state index in [1.165, 1.54) is 33.4 Å². The fraction of sp³-hybridized carbons (Fsp3) is 0.0588. The average Bonchev–Trinajstić information content (AvgIpc) is 3.72. The zero-order valence-electron chi connectivity index (χ0n) is 19.4. The van der Waals surface area contributed by atoms with Gasteiger partial charge in [0.15, 0.2) is 8.07 Å². The summed E-state index contributed by atoms with van der Waals surface area (Å²) >= 11 is 0. The Morgan fingerprint density at radius 2 is 0.800 bits per heavy atom. The summed E-state index contributed by atoms with van der Waals surface area (Å²) in [6.45, 7) is 0. The van der Waals surface area contributed by atoms with Crippen molar-refractivity contribution in [2.45, 2.75) is 11.8 Å². The van der Waals surface area contributed by atoms with Crippen molar-refractivity contribution in [2.24, 2.45) is 0 Å². The fourth-order valence-electron chi connectivity index (χ4n) is 6.91. The van der Waals surface area contributed by atoms with Crippen molar-refractivity contribution in [1.29, 1.82) is 0 Å². The van der Waals surface area contributed by atoms with Crippen LogP contribution in [-0.2, 0) is 0 Å². The Balaban J connectivity index is 1.44. The second-order valence-corrected chi connectivity index (χ2v) is 13.7. The first-order valence-corrected chi connectivity index (χ1v) is 14.5. The normalized spacial score (nSPS) is 17.8. The lowest BCUT2D eigenvalue weighted by Gasteiger charge is -2.28. The minimum atomic E-state index is -2.35. The van der Waals surface area contributed by atoms with Gasteiger partial charge in [0, 0.05) is 11.8 Å². The highest BCUT2D eigenvalue weighted by atomic mass is 28.3. The van der Waals surface area contributed by atoms with Gasteiger partial charge >= 0.3 is 0 Å². The standard InChI is InChI=1S/C34H24Si/c1-2-10-23(9-1)25-17-19-33-29(21-25)27-13-5-7-15-31(27)35(33)32-16-8-6-14-28(32)30-22-26(18-20-34(30)35)24-11-3-4-12-24/h1-24H. The molecule has 0 bridgehead atoms. The van der Waals surface area contributed by atoms with E-state index in [2.05, 4.69) is 134 Å². The van der Waals surface area contributed by atoms with Crippen LogP contribution >= 0.6 is 0 Å². The van der Waals surface area contributed by atoms with Crippen molar-refractivity contribution in [1.82, 2.24) is 0 Å². The average molecular weight is 461 g/mol. The molecule has 2 aliphatic heterocycles. The molecule has 0 saturated carbocycles. The topological polar surface area (TPSA) is 0 Å². The van der Waals surface area contributed by atoms with Crippen molar-refractivity contribution >= 4 is 28.8 Å². The molecule has 1 heteroatoms. The quantitative estimate of drug-likeness (QED) is 0.302. The minimum absolute atomic E-state index is 0.379. The van der Waals surface area contributed by atoms with Gasteiger partial charge < -0.3 is 0 Å². The van der Waals surface area contributed by atoms with Gasteiger partial charge in [-0.1, -0.05) is 134 Å². The molecule has 4 aliphatic rings. The molecule has 0 amide bonds. The van der Waals surface area contributed by atoms with E-state index in [4.69, 9.17) is 0 Å². The third-order valence-corrected chi connectivity index (χ3v) is 13.4. The van der Waals surface area contributed by atoms with Gasteiger partial charge in [-0.25, -0.2) is 0 Å². The first-order valence-electron chi connectivity index (χ1n) is 12.5. The molecule has 0 nitrogen and oxygen atoms in total. The van der Waals surface area contributed by atoms with E-state index in [-0.39, 0.29) is 0 Å². The zero-order valence-corrected chi connectivity index (χ0v) is 20.4. The molecule has 2 heterocycles. The molecule has 4 aromatic rings. The number of benzene rings is 4. The number of hydrogen-bond acceptors (Lipinski definition) is 0. The van der Waals surface area contributed by atoms with Crippen LogP contribution in [-0.4, -0.2) is 8.07 Å². The molecule has 4 aromatic carbocycles. The Labute approximate surface area is 207 Å². The molecule has 0 saturated heterocycles. The lowest BCUT2D eigenvalue weighted by Crippen LogP contribution is -2.70. The summed E-state index contributed by atoms with van der Waals surface area (Å²) in [6, 6.07) is 33.1. The van der Waals surface area contributed by atoms with Crippen LogP contribution in [0.4, 0.5) is 0 Å². The van der Waals surface area contributed by atoms with Gasteiger partial charge in [0.25, 0.3) is 0 Å². The van der Waals surface area contributed by atoms with Crippen LogP contribution in [0.3, 0.4) is 0 Å². The van der Waals surface area contributed by atoms with Crippen LogP contribution in [0.15, 0.2) is 134 Å². The van der Waals surface area contributed by atoms with Crippen molar-refractivity contribution in [2.75, 3.05) is 0 Å². The molecule has 0 unspecified atom stereocenters. The van der Waals surface area contributed by atoms with Crippen LogP contribution in [0.5, 0.6) is 0 Å². The highest BCUT2D eigenvalue weighted by molar-refractivity contribution is 7.24. The molecule has 0 aromatic heterocycles. The van der Waals surface area contributed by atoms with Crippen molar-refractivity contribution < 1.29 is 0 Å². The Morgan fingerprint density at radius 1 is 0.400 bits per heavy atom. The predicted octanol–water partition coefficient (Wildman–Crippen LogP) is 5.44. The summed E-state index contributed by atoms with van der Waals surface area (Å²) in [5, 5.41) is 6.19.